The van der Waals surface area contributed by atoms with Crippen LogP contribution in [0, 0.1) is 0 Å². The van der Waals surface area contributed by atoms with Crippen LogP contribution in [0.25, 0.3) is 0 Å². The van der Waals surface area contributed by atoms with Gasteiger partial charge in [0.2, 0.25) is 0 Å². The molecule has 4 atom stereocenters. The number of aliphatic hydroxyl groups excluding tert-OH is 4. The van der Waals surface area contributed by atoms with Crippen LogP contribution in [-0.2, 0) is 4.74 Å². The van der Waals surface area contributed by atoms with Crippen molar-refractivity contribution in [3.05, 3.63) is 0 Å². The van der Waals surface area contributed by atoms with E-state index in [1.807, 2.05) is 0 Å². The second kappa shape index (κ2) is 4.20. The van der Waals surface area contributed by atoms with Crippen molar-refractivity contribution in [2.75, 3.05) is 6.61 Å². The minimum absolute atomic E-state index is 0. The van der Waals surface area contributed by atoms with Crippen LogP contribution in [0.2, 0.25) is 0 Å². The Kier molecular flexibility index (Phi) is 4.23. The molecule has 0 aromatic rings. The van der Waals surface area contributed by atoms with Crippen LogP contribution in [-0.4, -0.2) is 51.6 Å². The zero-order chi connectivity index (χ0) is 7.72. The van der Waals surface area contributed by atoms with Crippen LogP contribution in [0.5, 0.6) is 0 Å². The molecule has 1 heterocycles. The molecule has 0 spiro atoms. The van der Waals surface area contributed by atoms with Crippen LogP contribution in [0.3, 0.4) is 0 Å². The maximum Gasteiger partial charge on any atom is 0.184 e. The van der Waals surface area contributed by atoms with E-state index in [2.05, 4.69) is 4.74 Å². The smallest absolute Gasteiger partial charge is 0.184 e. The number of halogens is 1. The first kappa shape index (κ1) is 11.1. The molecule has 11 heavy (non-hydrogen) atoms. The zero-order valence-electron chi connectivity index (χ0n) is 5.62. The lowest BCUT2D eigenvalue weighted by atomic mass is 10.1. The Labute approximate surface area is 69.6 Å². The minimum Gasteiger partial charge on any atom is -0.394 e. The van der Waals surface area contributed by atoms with Gasteiger partial charge in [0.1, 0.15) is 18.3 Å². The summed E-state index contributed by atoms with van der Waals surface area (Å²) in [7, 11) is 0. The van der Waals surface area contributed by atoms with Gasteiger partial charge in [0, 0.05) is 0 Å². The van der Waals surface area contributed by atoms with Crippen molar-refractivity contribution in [2.45, 2.75) is 24.6 Å². The summed E-state index contributed by atoms with van der Waals surface area (Å²) in [5, 5.41) is 35.0. The second-order valence-corrected chi connectivity index (χ2v) is 2.23. The van der Waals surface area contributed by atoms with E-state index in [0.29, 0.717) is 0 Å². The van der Waals surface area contributed by atoms with Gasteiger partial charge >= 0.3 is 0 Å². The first-order valence-corrected chi connectivity index (χ1v) is 2.97. The van der Waals surface area contributed by atoms with E-state index in [1.165, 1.54) is 0 Å². The third-order valence-electron chi connectivity index (χ3n) is 1.52. The molecule has 0 radical (unpaired) electrons. The summed E-state index contributed by atoms with van der Waals surface area (Å²) >= 11 is 0. The Balaban J connectivity index is 0.000001000. The Bertz CT molecular complexity index is 121. The van der Waals surface area contributed by atoms with Gasteiger partial charge in [-0.1, -0.05) is 0 Å². The molecule has 1 saturated heterocycles. The van der Waals surface area contributed by atoms with Crippen molar-refractivity contribution < 1.29 is 25.2 Å². The summed E-state index contributed by atoms with van der Waals surface area (Å²) in [5.41, 5.74) is 0. The SMILES string of the molecule is Cl.OC[C@H]1O[C@H](O)[C@@H](O)[C@@H]1O. The Morgan fingerprint density at radius 2 is 1.64 bits per heavy atom. The predicted octanol–water partition coefficient (Wildman–Crippen LogP) is -2.16. The highest BCUT2D eigenvalue weighted by Gasteiger charge is 2.41. The quantitative estimate of drug-likeness (QED) is 0.375. The molecule has 5 nitrogen and oxygen atoms in total. The van der Waals surface area contributed by atoms with Crippen LogP contribution in [0.15, 0.2) is 0 Å². The maximum atomic E-state index is 8.93. The van der Waals surface area contributed by atoms with E-state index in [-0.39, 0.29) is 12.4 Å². The van der Waals surface area contributed by atoms with Crippen LogP contribution in [0.1, 0.15) is 0 Å². The first-order chi connectivity index (χ1) is 4.66. The van der Waals surface area contributed by atoms with Gasteiger partial charge < -0.3 is 25.2 Å². The predicted molar refractivity (Wildman–Crippen MR) is 37.2 cm³/mol. The Hall–Kier alpha value is 0.0900. The van der Waals surface area contributed by atoms with Crippen molar-refractivity contribution in [3.63, 3.8) is 0 Å². The fraction of sp³-hybridized carbons (Fsp3) is 1.00. The highest BCUT2D eigenvalue weighted by atomic mass is 35.5. The van der Waals surface area contributed by atoms with Crippen LogP contribution < -0.4 is 0 Å². The molecule has 0 bridgehead atoms. The molecule has 6 heteroatoms. The van der Waals surface area contributed by atoms with Crippen LogP contribution in [0.4, 0.5) is 0 Å². The second-order valence-electron chi connectivity index (χ2n) is 2.23. The van der Waals surface area contributed by atoms with Gasteiger partial charge in [-0.15, -0.1) is 12.4 Å². The molecule has 0 saturated carbocycles. The summed E-state index contributed by atoms with van der Waals surface area (Å²) < 4.78 is 4.54. The molecule has 0 aliphatic carbocycles. The van der Waals surface area contributed by atoms with Crippen LogP contribution >= 0.6 is 12.4 Å². The highest BCUT2D eigenvalue weighted by Crippen LogP contribution is 2.18. The summed E-state index contributed by atoms with van der Waals surface area (Å²) in [4.78, 5) is 0. The fourth-order valence-corrected chi connectivity index (χ4v) is 0.880. The molecule has 1 aliphatic heterocycles. The third-order valence-corrected chi connectivity index (χ3v) is 1.52. The zero-order valence-corrected chi connectivity index (χ0v) is 6.44. The van der Waals surface area contributed by atoms with Gasteiger partial charge in [-0.2, -0.15) is 0 Å². The lowest BCUT2D eigenvalue weighted by Crippen LogP contribution is -2.33. The van der Waals surface area contributed by atoms with Gasteiger partial charge in [-0.05, 0) is 0 Å². The van der Waals surface area contributed by atoms with E-state index in [1.54, 1.807) is 0 Å². The minimum atomic E-state index is -1.38. The van der Waals surface area contributed by atoms with Gasteiger partial charge in [0.25, 0.3) is 0 Å². The lowest BCUT2D eigenvalue weighted by molar-refractivity contribution is -0.132. The van der Waals surface area contributed by atoms with Crippen molar-refractivity contribution in [3.8, 4) is 0 Å². The molecule has 1 fully saturated rings. The maximum absolute atomic E-state index is 8.93. The normalized spacial score (nSPS) is 43.6. The summed E-state index contributed by atoms with van der Waals surface area (Å²) in [6.07, 6.45) is -4.76. The van der Waals surface area contributed by atoms with Crippen molar-refractivity contribution in [1.29, 1.82) is 0 Å². The molecule has 1 rings (SSSR count). The molecular formula is C5H11ClO5. The van der Waals surface area contributed by atoms with E-state index in [4.69, 9.17) is 20.4 Å². The molecule has 0 aromatic carbocycles. The molecule has 1 aliphatic rings. The third kappa shape index (κ3) is 2.02. The molecule has 0 unspecified atom stereocenters. The van der Waals surface area contributed by atoms with E-state index < -0.39 is 31.2 Å². The number of ether oxygens (including phenoxy) is 1. The average Bonchev–Trinajstić information content (AvgIpc) is 2.17. The lowest BCUT2D eigenvalue weighted by Gasteiger charge is -2.09. The monoisotopic (exact) mass is 186 g/mol. The number of aliphatic hydroxyl groups is 4. The van der Waals surface area contributed by atoms with E-state index >= 15 is 0 Å². The molecule has 68 valence electrons. The van der Waals surface area contributed by atoms with Gasteiger partial charge in [-0.3, -0.25) is 0 Å². The average molecular weight is 187 g/mol. The summed E-state index contributed by atoms with van der Waals surface area (Å²) in [5.74, 6) is 0. The van der Waals surface area contributed by atoms with Crippen molar-refractivity contribution in [2.24, 2.45) is 0 Å². The first-order valence-electron chi connectivity index (χ1n) is 2.97. The van der Waals surface area contributed by atoms with Gasteiger partial charge in [0.15, 0.2) is 6.29 Å². The topological polar surface area (TPSA) is 90.2 Å². The number of hydrogen-bond donors (Lipinski definition) is 4. The Morgan fingerprint density at radius 3 is 1.82 bits per heavy atom. The molecular weight excluding hydrogens is 176 g/mol. The van der Waals surface area contributed by atoms with E-state index in [0.717, 1.165) is 0 Å². The van der Waals surface area contributed by atoms with Gasteiger partial charge in [0.05, 0.1) is 6.61 Å². The van der Waals surface area contributed by atoms with Gasteiger partial charge in [-0.25, -0.2) is 0 Å². The molecule has 0 aromatic heterocycles. The fourth-order valence-electron chi connectivity index (χ4n) is 0.880. The van der Waals surface area contributed by atoms with Crippen molar-refractivity contribution >= 4 is 12.4 Å². The Morgan fingerprint density at radius 1 is 1.09 bits per heavy atom. The molecule has 4 N–H and O–H groups in total. The molecule has 0 amide bonds. The standard InChI is InChI=1S/C5H10O5.ClH/c6-1-2-3(7)4(8)5(9)10-2;/h2-9H,1H2;1H/t2-,3-,4+,5+;/m1./s1. The van der Waals surface area contributed by atoms with Crippen molar-refractivity contribution in [1.82, 2.24) is 0 Å². The van der Waals surface area contributed by atoms with E-state index in [9.17, 15) is 0 Å². The summed E-state index contributed by atoms with van der Waals surface area (Å²) in [6.45, 7) is -0.407. The highest BCUT2D eigenvalue weighted by molar-refractivity contribution is 5.85. The number of hydrogen-bond acceptors (Lipinski definition) is 5. The number of rotatable bonds is 1. The largest absolute Gasteiger partial charge is 0.394 e. The summed E-state index contributed by atoms with van der Waals surface area (Å²) in [6, 6.07) is 0.